The molecule has 0 aliphatic carbocycles. The summed E-state index contributed by atoms with van der Waals surface area (Å²) in [6, 6.07) is 8.78. The van der Waals surface area contributed by atoms with Crippen LogP contribution >= 0.6 is 0 Å². The SMILES string of the molecule is COc1ccc([C@H]2CCC[C@H]3CN(Cc4ccc(F)nc4)CCN32)c(C)c1C. The number of halogens is 1. The van der Waals surface area contributed by atoms with Crippen molar-refractivity contribution in [1.29, 1.82) is 0 Å². The molecule has 2 fully saturated rings. The largest absolute Gasteiger partial charge is 0.496 e. The zero-order valence-electron chi connectivity index (χ0n) is 17.1. The maximum absolute atomic E-state index is 13.1. The number of pyridine rings is 1. The van der Waals surface area contributed by atoms with Crippen LogP contribution in [0.15, 0.2) is 30.5 Å². The highest BCUT2D eigenvalue weighted by atomic mass is 19.1. The molecular weight excluding hydrogens is 353 g/mol. The van der Waals surface area contributed by atoms with E-state index in [-0.39, 0.29) is 0 Å². The maximum atomic E-state index is 13.1. The fraction of sp³-hybridized carbons (Fsp3) is 0.522. The van der Waals surface area contributed by atoms with Crippen LogP contribution in [-0.4, -0.2) is 47.6 Å². The molecule has 2 aromatic rings. The zero-order chi connectivity index (χ0) is 19.7. The number of nitrogens with zero attached hydrogens (tertiary/aromatic N) is 3. The first-order valence-corrected chi connectivity index (χ1v) is 10.3. The summed E-state index contributed by atoms with van der Waals surface area (Å²) in [5.74, 6) is 0.570. The third-order valence-electron chi connectivity index (χ3n) is 6.58. The standard InChI is InChI=1S/C23H30FN3O/c1-16-17(2)22(28-3)9-8-20(16)21-6-4-5-19-15-26(11-12-27(19)21)14-18-7-10-23(24)25-13-18/h7-10,13,19,21H,4-6,11-12,14-15H2,1-3H3/t19-,21+/m0/s1. The van der Waals surface area contributed by atoms with Gasteiger partial charge in [0.05, 0.1) is 7.11 Å². The van der Waals surface area contributed by atoms with Gasteiger partial charge >= 0.3 is 0 Å². The molecule has 3 heterocycles. The molecule has 0 unspecified atom stereocenters. The van der Waals surface area contributed by atoms with E-state index >= 15 is 0 Å². The number of benzene rings is 1. The molecule has 0 spiro atoms. The van der Waals surface area contributed by atoms with E-state index in [1.807, 2.05) is 6.07 Å². The molecule has 4 rings (SSSR count). The van der Waals surface area contributed by atoms with E-state index in [2.05, 4.69) is 40.8 Å². The highest BCUT2D eigenvalue weighted by molar-refractivity contribution is 5.45. The summed E-state index contributed by atoms with van der Waals surface area (Å²) in [6.07, 6.45) is 5.41. The van der Waals surface area contributed by atoms with Crippen LogP contribution in [-0.2, 0) is 6.54 Å². The van der Waals surface area contributed by atoms with Crippen molar-refractivity contribution in [3.63, 3.8) is 0 Å². The van der Waals surface area contributed by atoms with E-state index in [0.29, 0.717) is 12.1 Å². The minimum Gasteiger partial charge on any atom is -0.496 e. The lowest BCUT2D eigenvalue weighted by Crippen LogP contribution is -2.55. The third-order valence-corrected chi connectivity index (χ3v) is 6.58. The molecule has 0 radical (unpaired) electrons. The van der Waals surface area contributed by atoms with Crippen LogP contribution in [0.4, 0.5) is 4.39 Å². The van der Waals surface area contributed by atoms with Crippen LogP contribution in [0.25, 0.3) is 0 Å². The molecule has 2 atom stereocenters. The second-order valence-corrected chi connectivity index (χ2v) is 8.17. The Bertz CT molecular complexity index is 823. The summed E-state index contributed by atoms with van der Waals surface area (Å²) in [4.78, 5) is 9.01. The molecule has 0 bridgehead atoms. The summed E-state index contributed by atoms with van der Waals surface area (Å²) in [5, 5.41) is 0. The summed E-state index contributed by atoms with van der Waals surface area (Å²) >= 11 is 0. The highest BCUT2D eigenvalue weighted by Gasteiger charge is 2.36. The van der Waals surface area contributed by atoms with E-state index < -0.39 is 5.95 Å². The average Bonchev–Trinajstić information content (AvgIpc) is 2.71. The van der Waals surface area contributed by atoms with Gasteiger partial charge in [-0.2, -0.15) is 4.39 Å². The quantitative estimate of drug-likeness (QED) is 0.738. The predicted molar refractivity (Wildman–Crippen MR) is 109 cm³/mol. The third kappa shape index (κ3) is 3.78. The van der Waals surface area contributed by atoms with Gasteiger partial charge in [0.25, 0.3) is 0 Å². The van der Waals surface area contributed by atoms with Crippen LogP contribution in [0.5, 0.6) is 5.75 Å². The molecule has 1 aromatic heterocycles. The second kappa shape index (κ2) is 8.18. The van der Waals surface area contributed by atoms with E-state index in [4.69, 9.17) is 4.74 Å². The van der Waals surface area contributed by atoms with Crippen molar-refractivity contribution >= 4 is 0 Å². The molecule has 2 saturated heterocycles. The van der Waals surface area contributed by atoms with Gasteiger partial charge in [-0.1, -0.05) is 12.1 Å². The first kappa shape index (κ1) is 19.3. The van der Waals surface area contributed by atoms with E-state index in [1.165, 1.54) is 42.0 Å². The van der Waals surface area contributed by atoms with Crippen LogP contribution in [0, 0.1) is 19.8 Å². The molecule has 150 valence electrons. The normalized spacial score (nSPS) is 23.4. The van der Waals surface area contributed by atoms with Crippen LogP contribution in [0.1, 0.15) is 47.6 Å². The van der Waals surface area contributed by atoms with Gasteiger partial charge in [0.15, 0.2) is 0 Å². The topological polar surface area (TPSA) is 28.6 Å². The van der Waals surface area contributed by atoms with Crippen LogP contribution in [0.3, 0.4) is 0 Å². The number of hydrogen-bond acceptors (Lipinski definition) is 4. The first-order valence-electron chi connectivity index (χ1n) is 10.3. The molecule has 1 aromatic carbocycles. The number of piperidine rings is 1. The number of methoxy groups -OCH3 is 1. The average molecular weight is 384 g/mol. The van der Waals surface area contributed by atoms with Gasteiger partial charge < -0.3 is 4.74 Å². The number of fused-ring (bicyclic) bond motifs is 1. The monoisotopic (exact) mass is 383 g/mol. The van der Waals surface area contributed by atoms with E-state index in [1.54, 1.807) is 13.3 Å². The van der Waals surface area contributed by atoms with Crippen molar-refractivity contribution in [2.24, 2.45) is 0 Å². The minimum absolute atomic E-state index is 0.408. The summed E-state index contributed by atoms with van der Waals surface area (Å²) < 4.78 is 18.6. The Morgan fingerprint density at radius 2 is 1.96 bits per heavy atom. The van der Waals surface area contributed by atoms with Gasteiger partial charge in [0.1, 0.15) is 5.75 Å². The molecule has 0 amide bonds. The van der Waals surface area contributed by atoms with Crippen molar-refractivity contribution < 1.29 is 9.13 Å². The Labute approximate surface area is 167 Å². The number of rotatable bonds is 4. The number of aromatic nitrogens is 1. The van der Waals surface area contributed by atoms with Crippen molar-refractivity contribution in [1.82, 2.24) is 14.8 Å². The van der Waals surface area contributed by atoms with Gasteiger partial charge in [-0.05, 0) is 67.5 Å². The van der Waals surface area contributed by atoms with Gasteiger partial charge in [0.2, 0.25) is 5.95 Å². The Balaban J connectivity index is 1.48. The number of piperazine rings is 1. The van der Waals surface area contributed by atoms with Gasteiger partial charge in [0, 0.05) is 44.5 Å². The number of hydrogen-bond donors (Lipinski definition) is 0. The maximum Gasteiger partial charge on any atom is 0.212 e. The van der Waals surface area contributed by atoms with Crippen LogP contribution < -0.4 is 4.74 Å². The number of ether oxygens (including phenoxy) is 1. The van der Waals surface area contributed by atoms with Gasteiger partial charge in [-0.15, -0.1) is 0 Å². The molecule has 2 aliphatic rings. The molecule has 4 nitrogen and oxygen atoms in total. The molecule has 0 saturated carbocycles. The van der Waals surface area contributed by atoms with Gasteiger partial charge in [-0.3, -0.25) is 9.80 Å². The zero-order valence-corrected chi connectivity index (χ0v) is 17.1. The van der Waals surface area contributed by atoms with Crippen molar-refractivity contribution in [3.05, 3.63) is 58.7 Å². The lowest BCUT2D eigenvalue weighted by molar-refractivity contribution is 0.00613. The second-order valence-electron chi connectivity index (χ2n) is 8.17. The van der Waals surface area contributed by atoms with E-state index in [0.717, 1.165) is 37.5 Å². The Morgan fingerprint density at radius 1 is 1.11 bits per heavy atom. The highest BCUT2D eigenvalue weighted by Crippen LogP contribution is 2.39. The fourth-order valence-electron chi connectivity index (χ4n) is 4.95. The first-order chi connectivity index (χ1) is 13.6. The molecule has 2 aliphatic heterocycles. The van der Waals surface area contributed by atoms with Crippen molar-refractivity contribution in [2.75, 3.05) is 26.7 Å². The molecular formula is C23H30FN3O. The smallest absolute Gasteiger partial charge is 0.212 e. The minimum atomic E-state index is -0.408. The van der Waals surface area contributed by atoms with Crippen molar-refractivity contribution in [3.8, 4) is 5.75 Å². The molecule has 5 heteroatoms. The van der Waals surface area contributed by atoms with Crippen LogP contribution in [0.2, 0.25) is 0 Å². The fourth-order valence-corrected chi connectivity index (χ4v) is 4.95. The summed E-state index contributed by atoms with van der Waals surface area (Å²) in [5.41, 5.74) is 5.16. The van der Waals surface area contributed by atoms with Gasteiger partial charge in [-0.25, -0.2) is 4.98 Å². The summed E-state index contributed by atoms with van der Waals surface area (Å²) in [6.45, 7) is 8.43. The van der Waals surface area contributed by atoms with Crippen molar-refractivity contribution in [2.45, 2.75) is 51.7 Å². The van der Waals surface area contributed by atoms with E-state index in [9.17, 15) is 4.39 Å². The molecule has 28 heavy (non-hydrogen) atoms. The lowest BCUT2D eigenvalue weighted by Gasteiger charge is -2.49. The Kier molecular flexibility index (Phi) is 5.65. The molecule has 0 N–H and O–H groups in total. The Hall–Kier alpha value is -1.98. The summed E-state index contributed by atoms with van der Waals surface area (Å²) in [7, 11) is 1.74. The Morgan fingerprint density at radius 3 is 2.71 bits per heavy atom. The lowest BCUT2D eigenvalue weighted by atomic mass is 9.86. The predicted octanol–water partition coefficient (Wildman–Crippen LogP) is 4.26.